The van der Waals surface area contributed by atoms with E-state index in [4.69, 9.17) is 25.7 Å². The summed E-state index contributed by atoms with van der Waals surface area (Å²) in [4.78, 5) is 34.5. The third kappa shape index (κ3) is 10.5. The highest BCUT2D eigenvalue weighted by Crippen LogP contribution is 2.06. The van der Waals surface area contributed by atoms with Crippen molar-refractivity contribution < 1.29 is 28.6 Å². The zero-order valence-electron chi connectivity index (χ0n) is 14.3. The van der Waals surface area contributed by atoms with E-state index >= 15 is 0 Å². The summed E-state index contributed by atoms with van der Waals surface area (Å²) in [5.74, 6) is -1.33. The Hall–Kier alpha value is -1.87. The molecule has 0 aromatic heterocycles. The molecule has 0 rings (SSSR count). The van der Waals surface area contributed by atoms with Crippen LogP contribution in [0, 0.1) is 0 Å². The van der Waals surface area contributed by atoms with Gasteiger partial charge in [0.2, 0.25) is 0 Å². The topological polar surface area (TPSA) is 143 Å². The second-order valence-corrected chi connectivity index (χ2v) is 6.15. The molecular weight excluding hydrogens is 306 g/mol. The van der Waals surface area contributed by atoms with Gasteiger partial charge in [0.25, 0.3) is 0 Å². The molecular formula is C14H27N3O6. The summed E-state index contributed by atoms with van der Waals surface area (Å²) in [5.41, 5.74) is 10.1. The summed E-state index contributed by atoms with van der Waals surface area (Å²) < 4.78 is 15.0. The maximum atomic E-state index is 11.6. The average Bonchev–Trinajstić information content (AvgIpc) is 2.38. The average molecular weight is 333 g/mol. The van der Waals surface area contributed by atoms with Crippen LogP contribution in [0.4, 0.5) is 4.79 Å². The molecule has 1 unspecified atom stereocenters. The van der Waals surface area contributed by atoms with Crippen LogP contribution < -0.4 is 16.8 Å². The summed E-state index contributed by atoms with van der Waals surface area (Å²) in [6.07, 6.45) is -1.58. The summed E-state index contributed by atoms with van der Waals surface area (Å²) in [6, 6.07) is -1.65. The van der Waals surface area contributed by atoms with E-state index in [1.807, 2.05) is 0 Å². The SMILES string of the molecule is C[C@@H](N)C(=O)OCC(CNC(=O)OC(C)(C)C)OC(=O)[C@@H](C)N. The van der Waals surface area contributed by atoms with Gasteiger partial charge in [-0.25, -0.2) is 4.79 Å². The predicted octanol–water partition coefficient (Wildman–Crippen LogP) is -0.339. The molecule has 0 aliphatic carbocycles. The maximum absolute atomic E-state index is 11.6. The first kappa shape index (κ1) is 21.1. The number of carbonyl (C=O) groups is 3. The number of nitrogens with one attached hydrogen (secondary N) is 1. The van der Waals surface area contributed by atoms with Gasteiger partial charge < -0.3 is 31.0 Å². The van der Waals surface area contributed by atoms with Crippen molar-refractivity contribution in [1.82, 2.24) is 5.32 Å². The Morgan fingerprint density at radius 1 is 1.04 bits per heavy atom. The highest BCUT2D eigenvalue weighted by atomic mass is 16.6. The van der Waals surface area contributed by atoms with E-state index in [0.29, 0.717) is 0 Å². The van der Waals surface area contributed by atoms with Crippen LogP contribution in [0.25, 0.3) is 0 Å². The van der Waals surface area contributed by atoms with Gasteiger partial charge in [-0.1, -0.05) is 0 Å². The normalized spacial score (nSPS) is 15.1. The summed E-state index contributed by atoms with van der Waals surface area (Å²) in [5, 5.41) is 2.43. The first-order chi connectivity index (χ1) is 10.4. The summed E-state index contributed by atoms with van der Waals surface area (Å²) in [6.45, 7) is 7.70. The molecule has 0 saturated heterocycles. The molecule has 134 valence electrons. The number of ether oxygens (including phenoxy) is 3. The number of hydrogen-bond donors (Lipinski definition) is 3. The lowest BCUT2D eigenvalue weighted by Gasteiger charge is -2.22. The van der Waals surface area contributed by atoms with Crippen molar-refractivity contribution in [2.24, 2.45) is 11.5 Å². The third-order valence-corrected chi connectivity index (χ3v) is 2.31. The van der Waals surface area contributed by atoms with Crippen molar-refractivity contribution in [3.8, 4) is 0 Å². The van der Waals surface area contributed by atoms with Crippen LogP contribution in [0.1, 0.15) is 34.6 Å². The smallest absolute Gasteiger partial charge is 0.407 e. The minimum absolute atomic E-state index is 0.0976. The Morgan fingerprint density at radius 2 is 1.57 bits per heavy atom. The summed E-state index contributed by atoms with van der Waals surface area (Å²) >= 11 is 0. The molecule has 23 heavy (non-hydrogen) atoms. The molecule has 0 aromatic rings. The molecule has 1 amide bonds. The van der Waals surface area contributed by atoms with Crippen molar-refractivity contribution in [2.45, 2.75) is 58.4 Å². The number of alkyl carbamates (subject to hydrolysis) is 1. The van der Waals surface area contributed by atoms with Gasteiger partial charge in [0, 0.05) is 0 Å². The van der Waals surface area contributed by atoms with Crippen molar-refractivity contribution in [3.05, 3.63) is 0 Å². The van der Waals surface area contributed by atoms with Gasteiger partial charge >= 0.3 is 18.0 Å². The van der Waals surface area contributed by atoms with Crippen LogP contribution in [0.5, 0.6) is 0 Å². The third-order valence-electron chi connectivity index (χ3n) is 2.31. The fraction of sp³-hybridized carbons (Fsp3) is 0.786. The van der Waals surface area contributed by atoms with E-state index in [2.05, 4.69) is 5.32 Å². The molecule has 9 heteroatoms. The molecule has 0 saturated carbocycles. The van der Waals surface area contributed by atoms with Crippen LogP contribution in [0.3, 0.4) is 0 Å². The zero-order chi connectivity index (χ0) is 18.2. The fourth-order valence-corrected chi connectivity index (χ4v) is 1.22. The Labute approximate surface area is 136 Å². The van der Waals surface area contributed by atoms with Crippen molar-refractivity contribution in [3.63, 3.8) is 0 Å². The van der Waals surface area contributed by atoms with Crippen LogP contribution in [-0.2, 0) is 23.8 Å². The monoisotopic (exact) mass is 333 g/mol. The van der Waals surface area contributed by atoms with Gasteiger partial charge in [-0.3, -0.25) is 9.59 Å². The number of carbonyl (C=O) groups excluding carboxylic acids is 3. The van der Waals surface area contributed by atoms with Crippen molar-refractivity contribution in [1.29, 1.82) is 0 Å². The van der Waals surface area contributed by atoms with Gasteiger partial charge in [-0.15, -0.1) is 0 Å². The minimum Gasteiger partial charge on any atom is -0.461 e. The van der Waals surface area contributed by atoms with Crippen LogP contribution in [0.2, 0.25) is 0 Å². The van der Waals surface area contributed by atoms with Crippen molar-refractivity contribution in [2.75, 3.05) is 13.2 Å². The predicted molar refractivity (Wildman–Crippen MR) is 82.4 cm³/mol. The number of amides is 1. The second-order valence-electron chi connectivity index (χ2n) is 6.15. The molecule has 0 radical (unpaired) electrons. The Bertz CT molecular complexity index is 417. The van der Waals surface area contributed by atoms with Crippen LogP contribution >= 0.6 is 0 Å². The number of hydrogen-bond acceptors (Lipinski definition) is 8. The van der Waals surface area contributed by atoms with Gasteiger partial charge in [-0.2, -0.15) is 0 Å². The summed E-state index contributed by atoms with van der Waals surface area (Å²) in [7, 11) is 0. The Morgan fingerprint density at radius 3 is 2.00 bits per heavy atom. The quantitative estimate of drug-likeness (QED) is 0.424. The molecule has 0 bridgehead atoms. The minimum atomic E-state index is -0.899. The molecule has 5 N–H and O–H groups in total. The number of rotatable bonds is 7. The van der Waals surface area contributed by atoms with E-state index in [0.717, 1.165) is 0 Å². The van der Waals surface area contributed by atoms with Crippen LogP contribution in [0.15, 0.2) is 0 Å². The standard InChI is InChI=1S/C14H27N3O6/c1-8(15)11(18)21-7-10(22-12(19)9(2)16)6-17-13(20)23-14(3,4)5/h8-10H,6-7,15-16H2,1-5H3,(H,17,20)/t8-,9-,10?/m1/s1. The first-order valence-corrected chi connectivity index (χ1v) is 7.27. The fourth-order valence-electron chi connectivity index (χ4n) is 1.22. The Kier molecular flexibility index (Phi) is 8.55. The molecule has 0 aliphatic heterocycles. The Balaban J connectivity index is 4.56. The number of nitrogens with two attached hydrogens (primary N) is 2. The molecule has 0 heterocycles. The van der Waals surface area contributed by atoms with E-state index in [1.165, 1.54) is 13.8 Å². The van der Waals surface area contributed by atoms with Crippen molar-refractivity contribution >= 4 is 18.0 Å². The highest BCUT2D eigenvalue weighted by Gasteiger charge is 2.22. The van der Waals surface area contributed by atoms with Gasteiger partial charge in [-0.05, 0) is 34.6 Å². The number of esters is 2. The van der Waals surface area contributed by atoms with E-state index in [9.17, 15) is 14.4 Å². The van der Waals surface area contributed by atoms with E-state index in [-0.39, 0.29) is 13.2 Å². The molecule has 0 aromatic carbocycles. The van der Waals surface area contributed by atoms with Crippen LogP contribution in [-0.4, -0.2) is 55.0 Å². The molecule has 9 nitrogen and oxygen atoms in total. The lowest BCUT2D eigenvalue weighted by molar-refractivity contribution is -0.159. The molecule has 0 spiro atoms. The molecule has 3 atom stereocenters. The van der Waals surface area contributed by atoms with E-state index < -0.39 is 41.8 Å². The largest absolute Gasteiger partial charge is 0.461 e. The second kappa shape index (κ2) is 9.31. The molecule has 0 aliphatic rings. The molecule has 0 fully saturated rings. The van der Waals surface area contributed by atoms with Gasteiger partial charge in [0.05, 0.1) is 6.54 Å². The highest BCUT2D eigenvalue weighted by molar-refractivity contribution is 5.76. The lowest BCUT2D eigenvalue weighted by Crippen LogP contribution is -2.43. The maximum Gasteiger partial charge on any atom is 0.407 e. The zero-order valence-corrected chi connectivity index (χ0v) is 14.3. The van der Waals surface area contributed by atoms with Gasteiger partial charge in [0.15, 0.2) is 6.10 Å². The van der Waals surface area contributed by atoms with Gasteiger partial charge in [0.1, 0.15) is 24.3 Å². The lowest BCUT2D eigenvalue weighted by atomic mass is 10.2. The first-order valence-electron chi connectivity index (χ1n) is 7.27. The van der Waals surface area contributed by atoms with E-state index in [1.54, 1.807) is 20.8 Å².